The molecule has 0 amide bonds. The van der Waals surface area contributed by atoms with Gasteiger partial charge in [-0.15, -0.1) is 0 Å². The first kappa shape index (κ1) is 13.2. The summed E-state index contributed by atoms with van der Waals surface area (Å²) in [4.78, 5) is 0. The van der Waals surface area contributed by atoms with E-state index in [4.69, 9.17) is 4.74 Å². The van der Waals surface area contributed by atoms with Crippen molar-refractivity contribution in [2.45, 2.75) is 13.0 Å². The van der Waals surface area contributed by atoms with Crippen molar-refractivity contribution in [2.75, 3.05) is 6.61 Å². The second kappa shape index (κ2) is 6.03. The molecule has 0 fully saturated rings. The lowest BCUT2D eigenvalue weighted by Gasteiger charge is -2.25. The molecule has 0 N–H and O–H groups in total. The number of hydrogen-bond acceptors (Lipinski definition) is 2. The third-order valence-corrected chi connectivity index (χ3v) is 1.83. The molecule has 1 heterocycles. The Morgan fingerprint density at radius 2 is 1.94 bits per heavy atom. The highest BCUT2D eigenvalue weighted by molar-refractivity contribution is 5.40. The van der Waals surface area contributed by atoms with Crippen molar-refractivity contribution < 1.29 is 18.3 Å². The van der Waals surface area contributed by atoms with E-state index in [1.807, 2.05) is 19.1 Å². The number of fused-ring (bicyclic) bond motifs is 1. The van der Waals surface area contributed by atoms with Crippen LogP contribution in [-0.4, -0.2) is 12.7 Å². The van der Waals surface area contributed by atoms with Gasteiger partial charge in [0.2, 0.25) is 0 Å². The van der Waals surface area contributed by atoms with Gasteiger partial charge in [0.1, 0.15) is 0 Å². The summed E-state index contributed by atoms with van der Waals surface area (Å²) in [5.74, 6) is 0.456. The standard InChI is InChI=1S/C8H6F2O2.C5H8/c9-8(10)5-11-6-3-1-2-4-7(6)12-8;1-3-5-4-2/h1-4H,5H2;3-5H,1H2,2H3. The molecule has 1 aromatic carbocycles. The summed E-state index contributed by atoms with van der Waals surface area (Å²) in [6, 6.07) is 6.35. The number of allylic oxidation sites excluding steroid dienone is 3. The fraction of sp³-hybridized carbons (Fsp3) is 0.231. The second-order valence-corrected chi connectivity index (χ2v) is 3.24. The number of rotatable bonds is 1. The van der Waals surface area contributed by atoms with Crippen LogP contribution in [0.4, 0.5) is 8.78 Å². The maximum Gasteiger partial charge on any atom is 0.433 e. The summed E-state index contributed by atoms with van der Waals surface area (Å²) in [5.41, 5.74) is 0. The lowest BCUT2D eigenvalue weighted by atomic mass is 10.3. The number of benzene rings is 1. The van der Waals surface area contributed by atoms with E-state index in [1.165, 1.54) is 6.07 Å². The van der Waals surface area contributed by atoms with E-state index >= 15 is 0 Å². The molecule has 2 nitrogen and oxygen atoms in total. The number of ether oxygens (including phenoxy) is 2. The Kier molecular flexibility index (Phi) is 4.69. The van der Waals surface area contributed by atoms with Gasteiger partial charge in [-0.05, 0) is 19.1 Å². The Morgan fingerprint density at radius 3 is 2.47 bits per heavy atom. The molecule has 4 heteroatoms. The maximum atomic E-state index is 12.5. The zero-order valence-corrected chi connectivity index (χ0v) is 9.53. The fourth-order valence-electron chi connectivity index (χ4n) is 1.14. The van der Waals surface area contributed by atoms with Crippen LogP contribution in [-0.2, 0) is 0 Å². The first-order valence-electron chi connectivity index (χ1n) is 5.11. The van der Waals surface area contributed by atoms with Gasteiger partial charge in [-0.1, -0.05) is 36.9 Å². The fourth-order valence-corrected chi connectivity index (χ4v) is 1.14. The quantitative estimate of drug-likeness (QED) is 0.695. The first-order chi connectivity index (χ1) is 8.09. The van der Waals surface area contributed by atoms with Crippen molar-refractivity contribution in [1.29, 1.82) is 0 Å². The van der Waals surface area contributed by atoms with Crippen molar-refractivity contribution >= 4 is 0 Å². The molecule has 1 aromatic rings. The number of alkyl halides is 2. The monoisotopic (exact) mass is 240 g/mol. The highest BCUT2D eigenvalue weighted by Gasteiger charge is 2.37. The molecular formula is C13H14F2O2. The van der Waals surface area contributed by atoms with Gasteiger partial charge in [-0.25, -0.2) is 0 Å². The predicted octanol–water partition coefficient (Wildman–Crippen LogP) is 3.80. The van der Waals surface area contributed by atoms with Crippen LogP contribution in [0.25, 0.3) is 0 Å². The molecule has 0 radical (unpaired) electrons. The van der Waals surface area contributed by atoms with E-state index in [1.54, 1.807) is 24.3 Å². The predicted molar refractivity (Wildman–Crippen MR) is 62.5 cm³/mol. The summed E-state index contributed by atoms with van der Waals surface area (Å²) in [7, 11) is 0. The van der Waals surface area contributed by atoms with E-state index < -0.39 is 12.7 Å². The van der Waals surface area contributed by atoms with Gasteiger partial charge < -0.3 is 9.47 Å². The third-order valence-electron chi connectivity index (χ3n) is 1.83. The normalized spacial score (nSPS) is 15.9. The number of halogens is 2. The van der Waals surface area contributed by atoms with Gasteiger partial charge in [0.05, 0.1) is 0 Å². The summed E-state index contributed by atoms with van der Waals surface area (Å²) in [6.45, 7) is 4.71. The minimum absolute atomic E-state index is 0.0914. The van der Waals surface area contributed by atoms with Crippen molar-refractivity contribution in [3.8, 4) is 11.5 Å². The van der Waals surface area contributed by atoms with E-state index in [2.05, 4.69) is 11.3 Å². The molecule has 0 aliphatic carbocycles. The highest BCUT2D eigenvalue weighted by atomic mass is 19.3. The van der Waals surface area contributed by atoms with Crippen LogP contribution in [0.1, 0.15) is 6.92 Å². The molecule has 92 valence electrons. The van der Waals surface area contributed by atoms with Crippen LogP contribution in [0.3, 0.4) is 0 Å². The van der Waals surface area contributed by atoms with Gasteiger partial charge in [-0.2, -0.15) is 8.78 Å². The Bertz CT molecular complexity index is 400. The Morgan fingerprint density at radius 1 is 1.29 bits per heavy atom. The lowest BCUT2D eigenvalue weighted by molar-refractivity contribution is -0.208. The second-order valence-electron chi connectivity index (χ2n) is 3.24. The van der Waals surface area contributed by atoms with Crippen molar-refractivity contribution in [3.05, 3.63) is 49.1 Å². The topological polar surface area (TPSA) is 18.5 Å². The van der Waals surface area contributed by atoms with E-state index in [0.717, 1.165) is 0 Å². The third kappa shape index (κ3) is 4.26. The summed E-state index contributed by atoms with van der Waals surface area (Å²) < 4.78 is 34.2. The van der Waals surface area contributed by atoms with Gasteiger partial charge >= 0.3 is 6.11 Å². The molecule has 17 heavy (non-hydrogen) atoms. The summed E-state index contributed by atoms with van der Waals surface area (Å²) in [6.07, 6.45) is 2.38. The molecule has 0 saturated carbocycles. The average Bonchev–Trinajstić information content (AvgIpc) is 2.29. The highest BCUT2D eigenvalue weighted by Crippen LogP contribution is 2.35. The number of hydrogen-bond donors (Lipinski definition) is 0. The minimum Gasteiger partial charge on any atom is -0.479 e. The van der Waals surface area contributed by atoms with Crippen LogP contribution >= 0.6 is 0 Å². The van der Waals surface area contributed by atoms with Crippen LogP contribution in [0.2, 0.25) is 0 Å². The van der Waals surface area contributed by atoms with Crippen LogP contribution < -0.4 is 9.47 Å². The molecule has 0 bridgehead atoms. The maximum absolute atomic E-state index is 12.5. The van der Waals surface area contributed by atoms with Crippen molar-refractivity contribution in [2.24, 2.45) is 0 Å². The smallest absolute Gasteiger partial charge is 0.433 e. The van der Waals surface area contributed by atoms with Gasteiger partial charge in [0, 0.05) is 0 Å². The molecule has 0 atom stereocenters. The van der Waals surface area contributed by atoms with Crippen LogP contribution in [0.15, 0.2) is 49.1 Å². The molecule has 0 saturated heterocycles. The lowest BCUT2D eigenvalue weighted by Crippen LogP contribution is -2.35. The molecule has 1 aliphatic rings. The molecule has 0 aromatic heterocycles. The molecule has 0 unspecified atom stereocenters. The van der Waals surface area contributed by atoms with Gasteiger partial charge in [-0.3, -0.25) is 0 Å². The first-order valence-corrected chi connectivity index (χ1v) is 5.11. The van der Waals surface area contributed by atoms with Crippen molar-refractivity contribution in [1.82, 2.24) is 0 Å². The summed E-state index contributed by atoms with van der Waals surface area (Å²) >= 11 is 0. The Labute approximate surface area is 99.2 Å². The van der Waals surface area contributed by atoms with Gasteiger partial charge in [0.25, 0.3) is 0 Å². The summed E-state index contributed by atoms with van der Waals surface area (Å²) in [5, 5.41) is 0. The molecular weight excluding hydrogens is 226 g/mol. The van der Waals surface area contributed by atoms with E-state index in [9.17, 15) is 8.78 Å². The van der Waals surface area contributed by atoms with E-state index in [-0.39, 0.29) is 5.75 Å². The average molecular weight is 240 g/mol. The van der Waals surface area contributed by atoms with Crippen LogP contribution in [0, 0.1) is 0 Å². The minimum atomic E-state index is -3.20. The molecule has 1 aliphatic heterocycles. The Balaban J connectivity index is 0.000000249. The largest absolute Gasteiger partial charge is 0.479 e. The molecule has 2 rings (SSSR count). The van der Waals surface area contributed by atoms with Crippen molar-refractivity contribution in [3.63, 3.8) is 0 Å². The Hall–Kier alpha value is -1.84. The van der Waals surface area contributed by atoms with Crippen LogP contribution in [0.5, 0.6) is 11.5 Å². The zero-order valence-electron chi connectivity index (χ0n) is 9.53. The number of para-hydroxylation sites is 2. The van der Waals surface area contributed by atoms with E-state index in [0.29, 0.717) is 5.75 Å². The zero-order chi connectivity index (χ0) is 12.7. The molecule has 0 spiro atoms. The van der Waals surface area contributed by atoms with Gasteiger partial charge in [0.15, 0.2) is 18.1 Å². The SMILES string of the molecule is C=CC=CC.FC1(F)COc2ccccc2O1.